The fourth-order valence-electron chi connectivity index (χ4n) is 0.504. The van der Waals surface area contributed by atoms with Crippen molar-refractivity contribution in [2.75, 3.05) is 0 Å². The molecule has 0 aliphatic rings. The molecule has 0 fully saturated rings. The highest BCUT2D eigenvalue weighted by atomic mass is 16.3. The van der Waals surface area contributed by atoms with Crippen molar-refractivity contribution in [3.63, 3.8) is 0 Å². The molecule has 0 aromatic heterocycles. The Bertz CT molecular complexity index is 93.1. The second-order valence-corrected chi connectivity index (χ2v) is 2.24. The molecular formula is C5H11NO2. The average Bonchev–Trinajstić information content (AvgIpc) is 1.21. The molecule has 8 heavy (non-hydrogen) atoms. The van der Waals surface area contributed by atoms with Crippen LogP contribution in [0.3, 0.4) is 0 Å². The van der Waals surface area contributed by atoms with Crippen LogP contribution >= 0.6 is 0 Å². The highest BCUT2D eigenvalue weighted by Gasteiger charge is 2.14. The van der Waals surface area contributed by atoms with Gasteiger partial charge in [-0.3, -0.25) is 4.79 Å². The molecule has 1 unspecified atom stereocenters. The van der Waals surface area contributed by atoms with Crippen molar-refractivity contribution in [1.82, 2.24) is 0 Å². The minimum Gasteiger partial charge on any atom is -0.376 e. The van der Waals surface area contributed by atoms with Crippen molar-refractivity contribution in [2.45, 2.75) is 26.0 Å². The second-order valence-electron chi connectivity index (χ2n) is 2.24. The van der Waals surface area contributed by atoms with Crippen LogP contribution in [0.1, 0.15) is 20.3 Å². The molecule has 3 heteroatoms. The van der Waals surface area contributed by atoms with Gasteiger partial charge in [-0.2, -0.15) is 0 Å². The first-order chi connectivity index (χ1) is 3.42. The Morgan fingerprint density at radius 2 is 2.25 bits per heavy atom. The molecule has 0 saturated heterocycles. The summed E-state index contributed by atoms with van der Waals surface area (Å²) in [6.07, 6.45) is 0.0208. The Morgan fingerprint density at radius 3 is 2.25 bits per heavy atom. The van der Waals surface area contributed by atoms with E-state index in [1.807, 2.05) is 0 Å². The number of hydrogen-bond acceptors (Lipinski definition) is 3. The minimum atomic E-state index is -1.33. The van der Waals surface area contributed by atoms with Gasteiger partial charge in [0.1, 0.15) is 11.5 Å². The molecule has 0 rings (SSSR count). The predicted molar refractivity (Wildman–Crippen MR) is 30.1 cm³/mol. The van der Waals surface area contributed by atoms with E-state index in [0.717, 1.165) is 0 Å². The zero-order chi connectivity index (χ0) is 6.78. The SMILES string of the molecule is CC(=O)CC(C)(N)O. The van der Waals surface area contributed by atoms with Crippen LogP contribution in [0, 0.1) is 0 Å². The van der Waals surface area contributed by atoms with Crippen LogP contribution in [-0.2, 0) is 4.79 Å². The van der Waals surface area contributed by atoms with Crippen molar-refractivity contribution in [3.05, 3.63) is 0 Å². The first-order valence-electron chi connectivity index (χ1n) is 2.42. The first-order valence-corrected chi connectivity index (χ1v) is 2.42. The summed E-state index contributed by atoms with van der Waals surface area (Å²) in [4.78, 5) is 10.2. The summed E-state index contributed by atoms with van der Waals surface area (Å²) >= 11 is 0. The standard InChI is InChI=1S/C5H11NO2/c1-4(7)3-5(2,6)8/h8H,3,6H2,1-2H3. The topological polar surface area (TPSA) is 63.3 Å². The van der Waals surface area contributed by atoms with Crippen molar-refractivity contribution in [3.8, 4) is 0 Å². The Kier molecular flexibility index (Phi) is 2.12. The molecule has 1 atom stereocenters. The molecule has 0 bridgehead atoms. The molecule has 48 valence electrons. The van der Waals surface area contributed by atoms with Gasteiger partial charge in [-0.15, -0.1) is 0 Å². The van der Waals surface area contributed by atoms with Crippen LogP contribution < -0.4 is 5.73 Å². The molecule has 0 spiro atoms. The third-order valence-electron chi connectivity index (χ3n) is 0.607. The van der Waals surface area contributed by atoms with Crippen LogP contribution in [0.4, 0.5) is 0 Å². The van der Waals surface area contributed by atoms with Gasteiger partial charge in [0.2, 0.25) is 0 Å². The largest absolute Gasteiger partial charge is 0.376 e. The highest BCUT2D eigenvalue weighted by molar-refractivity contribution is 5.76. The minimum absolute atomic E-state index is 0.0208. The van der Waals surface area contributed by atoms with Crippen LogP contribution in [0.5, 0.6) is 0 Å². The third kappa shape index (κ3) is 5.59. The van der Waals surface area contributed by atoms with E-state index in [1.54, 1.807) is 0 Å². The Morgan fingerprint density at radius 1 is 1.88 bits per heavy atom. The summed E-state index contributed by atoms with van der Waals surface area (Å²) in [7, 11) is 0. The number of Topliss-reactive ketones (excluding diaryl/α,β-unsaturated/α-hetero) is 1. The van der Waals surface area contributed by atoms with Crippen molar-refractivity contribution in [1.29, 1.82) is 0 Å². The van der Waals surface area contributed by atoms with Gasteiger partial charge in [0, 0.05) is 6.42 Å². The van der Waals surface area contributed by atoms with Gasteiger partial charge in [0.15, 0.2) is 0 Å². The van der Waals surface area contributed by atoms with Gasteiger partial charge in [-0.25, -0.2) is 0 Å². The molecule has 0 aliphatic heterocycles. The van der Waals surface area contributed by atoms with Gasteiger partial charge < -0.3 is 10.8 Å². The average molecular weight is 117 g/mol. The summed E-state index contributed by atoms with van der Waals surface area (Å²) in [5, 5.41) is 8.75. The van der Waals surface area contributed by atoms with Gasteiger partial charge in [-0.05, 0) is 13.8 Å². The van der Waals surface area contributed by atoms with Crippen molar-refractivity contribution < 1.29 is 9.90 Å². The lowest BCUT2D eigenvalue weighted by Gasteiger charge is -2.13. The quantitative estimate of drug-likeness (QED) is 0.485. The van der Waals surface area contributed by atoms with Crippen molar-refractivity contribution in [2.24, 2.45) is 5.73 Å². The first kappa shape index (κ1) is 7.59. The van der Waals surface area contributed by atoms with E-state index in [1.165, 1.54) is 13.8 Å². The van der Waals surface area contributed by atoms with E-state index >= 15 is 0 Å². The summed E-state index contributed by atoms with van der Waals surface area (Å²) in [6, 6.07) is 0. The van der Waals surface area contributed by atoms with E-state index in [2.05, 4.69) is 0 Å². The molecule has 0 radical (unpaired) electrons. The number of carbonyl (C=O) groups excluding carboxylic acids is 1. The van der Waals surface area contributed by atoms with E-state index in [4.69, 9.17) is 10.8 Å². The number of nitrogens with two attached hydrogens (primary N) is 1. The van der Waals surface area contributed by atoms with E-state index in [0.29, 0.717) is 0 Å². The summed E-state index contributed by atoms with van der Waals surface area (Å²) in [5.74, 6) is -0.0995. The Hall–Kier alpha value is -0.410. The maximum atomic E-state index is 10.2. The van der Waals surface area contributed by atoms with Gasteiger partial charge >= 0.3 is 0 Å². The second kappa shape index (κ2) is 2.24. The van der Waals surface area contributed by atoms with Crippen LogP contribution in [0.15, 0.2) is 0 Å². The molecular weight excluding hydrogens is 106 g/mol. The number of hydrogen-bond donors (Lipinski definition) is 2. The molecule has 3 nitrogen and oxygen atoms in total. The smallest absolute Gasteiger partial charge is 0.134 e. The summed E-state index contributed by atoms with van der Waals surface area (Å²) < 4.78 is 0. The zero-order valence-corrected chi connectivity index (χ0v) is 5.14. The van der Waals surface area contributed by atoms with Gasteiger partial charge in [-0.1, -0.05) is 0 Å². The van der Waals surface area contributed by atoms with E-state index in [9.17, 15) is 4.79 Å². The molecule has 3 N–H and O–H groups in total. The normalized spacial score (nSPS) is 17.5. The summed E-state index contributed by atoms with van der Waals surface area (Å²) in [6.45, 7) is 2.79. The molecule has 0 heterocycles. The lowest BCUT2D eigenvalue weighted by atomic mass is 10.1. The lowest BCUT2D eigenvalue weighted by molar-refractivity contribution is -0.121. The molecule has 0 saturated carbocycles. The fourth-order valence-corrected chi connectivity index (χ4v) is 0.504. The maximum absolute atomic E-state index is 10.2. The number of ketones is 1. The lowest BCUT2D eigenvalue weighted by Crippen LogP contribution is -2.37. The van der Waals surface area contributed by atoms with Crippen molar-refractivity contribution >= 4 is 5.78 Å². The molecule has 0 aromatic carbocycles. The summed E-state index contributed by atoms with van der Waals surface area (Å²) in [5.41, 5.74) is 3.74. The van der Waals surface area contributed by atoms with E-state index in [-0.39, 0.29) is 12.2 Å². The number of carbonyl (C=O) groups is 1. The van der Waals surface area contributed by atoms with E-state index < -0.39 is 5.72 Å². The highest BCUT2D eigenvalue weighted by Crippen LogP contribution is 1.98. The number of rotatable bonds is 2. The maximum Gasteiger partial charge on any atom is 0.134 e. The van der Waals surface area contributed by atoms with Crippen LogP contribution in [0.25, 0.3) is 0 Å². The Balaban J connectivity index is 3.55. The Labute approximate surface area is 48.5 Å². The van der Waals surface area contributed by atoms with Gasteiger partial charge in [0.25, 0.3) is 0 Å². The zero-order valence-electron chi connectivity index (χ0n) is 5.14. The predicted octanol–water partition coefficient (Wildman–Crippen LogP) is -0.367. The number of aliphatic hydroxyl groups is 1. The van der Waals surface area contributed by atoms with Gasteiger partial charge in [0.05, 0.1) is 0 Å². The molecule has 0 amide bonds. The van der Waals surface area contributed by atoms with Crippen LogP contribution in [0.2, 0.25) is 0 Å². The molecule has 0 aromatic rings. The molecule has 0 aliphatic carbocycles. The fraction of sp³-hybridized carbons (Fsp3) is 0.800. The monoisotopic (exact) mass is 117 g/mol. The van der Waals surface area contributed by atoms with Crippen LogP contribution in [-0.4, -0.2) is 16.6 Å². The third-order valence-corrected chi connectivity index (χ3v) is 0.607.